The Labute approximate surface area is 202 Å². The van der Waals surface area contributed by atoms with Gasteiger partial charge in [0, 0.05) is 40.0 Å². The van der Waals surface area contributed by atoms with E-state index in [9.17, 15) is 19.5 Å². The lowest BCUT2D eigenvalue weighted by molar-refractivity contribution is -0.135. The number of hydrogen-bond acceptors (Lipinski definition) is 7. The van der Waals surface area contributed by atoms with Crippen molar-refractivity contribution in [2.75, 3.05) is 30.4 Å². The Balaban J connectivity index is 1.33. The largest absolute Gasteiger partial charge is 0.389 e. The molecule has 1 aromatic carbocycles. The second-order valence-corrected chi connectivity index (χ2v) is 9.54. The van der Waals surface area contributed by atoms with Crippen molar-refractivity contribution in [2.24, 2.45) is 7.05 Å². The Morgan fingerprint density at radius 3 is 2.57 bits per heavy atom. The number of aryl methyl sites for hydroxylation is 1. The Kier molecular flexibility index (Phi) is 5.84. The third-order valence-corrected chi connectivity index (χ3v) is 7.26. The SMILES string of the molecule is CNc1ccc(N2CCC(O)(Cc3ccc4c(c3)n(C)c(=O)n4C3CCC(=O)NC3=O)CC2)nc1. The number of carbonyl (C=O) groups excluding carboxylic acids is 2. The fourth-order valence-electron chi connectivity index (χ4n) is 5.18. The molecule has 0 bridgehead atoms. The third kappa shape index (κ3) is 4.29. The second kappa shape index (κ2) is 8.84. The number of amides is 2. The molecule has 3 N–H and O–H groups in total. The normalized spacial score (nSPS) is 20.2. The molecule has 3 aromatic rings. The molecular weight excluding hydrogens is 448 g/mol. The van der Waals surface area contributed by atoms with E-state index in [4.69, 9.17) is 0 Å². The van der Waals surface area contributed by atoms with Crippen LogP contribution in [0.25, 0.3) is 11.0 Å². The second-order valence-electron chi connectivity index (χ2n) is 9.54. The minimum atomic E-state index is -0.847. The minimum absolute atomic E-state index is 0.205. The lowest BCUT2D eigenvalue weighted by Gasteiger charge is -2.39. The number of fused-ring (bicyclic) bond motifs is 1. The molecule has 0 aliphatic carbocycles. The Morgan fingerprint density at radius 2 is 1.91 bits per heavy atom. The van der Waals surface area contributed by atoms with Crippen LogP contribution in [-0.2, 0) is 23.1 Å². The van der Waals surface area contributed by atoms with Gasteiger partial charge in [-0.25, -0.2) is 9.78 Å². The maximum Gasteiger partial charge on any atom is 0.329 e. The fourth-order valence-corrected chi connectivity index (χ4v) is 5.18. The van der Waals surface area contributed by atoms with Crippen molar-refractivity contribution in [1.82, 2.24) is 19.4 Å². The number of anilines is 2. The number of benzene rings is 1. The van der Waals surface area contributed by atoms with Gasteiger partial charge in [0.15, 0.2) is 0 Å². The van der Waals surface area contributed by atoms with E-state index in [0.717, 1.165) is 17.1 Å². The fraction of sp³-hybridized carbons (Fsp3) is 0.440. The number of aromatic nitrogens is 3. The van der Waals surface area contributed by atoms with E-state index in [1.54, 1.807) is 13.2 Å². The maximum atomic E-state index is 13.0. The molecule has 2 fully saturated rings. The van der Waals surface area contributed by atoms with Crippen molar-refractivity contribution in [1.29, 1.82) is 0 Å². The number of aliphatic hydroxyl groups is 1. The van der Waals surface area contributed by atoms with E-state index >= 15 is 0 Å². The molecular formula is C25H30N6O4. The molecule has 184 valence electrons. The lowest BCUT2D eigenvalue weighted by Crippen LogP contribution is -2.46. The summed E-state index contributed by atoms with van der Waals surface area (Å²) in [5, 5.41) is 16.7. The van der Waals surface area contributed by atoms with E-state index in [1.807, 2.05) is 37.4 Å². The van der Waals surface area contributed by atoms with E-state index < -0.39 is 17.6 Å². The maximum absolute atomic E-state index is 13.0. The molecule has 4 heterocycles. The first-order chi connectivity index (χ1) is 16.8. The van der Waals surface area contributed by atoms with E-state index in [-0.39, 0.29) is 18.0 Å². The van der Waals surface area contributed by atoms with Crippen molar-refractivity contribution in [3.63, 3.8) is 0 Å². The van der Waals surface area contributed by atoms with Gasteiger partial charge in [-0.2, -0.15) is 0 Å². The van der Waals surface area contributed by atoms with Gasteiger partial charge in [0.05, 0.1) is 28.5 Å². The summed E-state index contributed by atoms with van der Waals surface area (Å²) < 4.78 is 3.00. The number of imidazole rings is 1. The first kappa shape index (κ1) is 23.1. The van der Waals surface area contributed by atoms with Gasteiger partial charge in [0.2, 0.25) is 11.8 Å². The summed E-state index contributed by atoms with van der Waals surface area (Å²) in [5.41, 5.74) is 2.09. The highest BCUT2D eigenvalue weighted by Crippen LogP contribution is 2.30. The summed E-state index contributed by atoms with van der Waals surface area (Å²) in [4.78, 5) is 43.6. The van der Waals surface area contributed by atoms with Gasteiger partial charge in [-0.3, -0.25) is 24.0 Å². The van der Waals surface area contributed by atoms with E-state index in [0.29, 0.717) is 49.8 Å². The molecule has 0 spiro atoms. The average Bonchev–Trinajstić information content (AvgIpc) is 3.09. The summed E-state index contributed by atoms with van der Waals surface area (Å²) in [6, 6.07) is 8.93. The highest BCUT2D eigenvalue weighted by atomic mass is 16.3. The smallest absolute Gasteiger partial charge is 0.329 e. The zero-order valence-electron chi connectivity index (χ0n) is 20.0. The molecule has 35 heavy (non-hydrogen) atoms. The van der Waals surface area contributed by atoms with Crippen molar-refractivity contribution in [2.45, 2.75) is 43.7 Å². The molecule has 2 aromatic heterocycles. The molecule has 10 heteroatoms. The Hall–Kier alpha value is -3.66. The van der Waals surface area contributed by atoms with Crippen LogP contribution in [0.3, 0.4) is 0 Å². The summed E-state index contributed by atoms with van der Waals surface area (Å²) in [5.74, 6) is 0.139. The van der Waals surface area contributed by atoms with Crippen molar-refractivity contribution in [3.8, 4) is 0 Å². The number of nitrogens with one attached hydrogen (secondary N) is 2. The van der Waals surface area contributed by atoms with Crippen LogP contribution in [0.5, 0.6) is 0 Å². The van der Waals surface area contributed by atoms with Crippen LogP contribution in [0.4, 0.5) is 11.5 Å². The zero-order chi connectivity index (χ0) is 24.7. The number of hydrogen-bond donors (Lipinski definition) is 3. The lowest BCUT2D eigenvalue weighted by atomic mass is 9.85. The van der Waals surface area contributed by atoms with Gasteiger partial charge in [-0.05, 0) is 49.1 Å². The monoisotopic (exact) mass is 478 g/mol. The summed E-state index contributed by atoms with van der Waals surface area (Å²) in [6.07, 6.45) is 4.00. The topological polar surface area (TPSA) is 121 Å². The van der Waals surface area contributed by atoms with Crippen LogP contribution >= 0.6 is 0 Å². The van der Waals surface area contributed by atoms with E-state index in [1.165, 1.54) is 9.13 Å². The minimum Gasteiger partial charge on any atom is -0.389 e. The predicted molar refractivity (Wildman–Crippen MR) is 132 cm³/mol. The molecule has 0 radical (unpaired) electrons. The standard InChI is InChI=1S/C25H30N6O4/c1-26-17-4-7-21(27-15-17)30-11-9-25(35,10-12-30)14-16-3-5-18-20(13-16)29(2)24(34)31(18)19-6-8-22(32)28-23(19)33/h3-5,7,13,15,19,26,35H,6,8-12,14H2,1-2H3,(H,28,32,33). The molecule has 10 nitrogen and oxygen atoms in total. The van der Waals surface area contributed by atoms with Gasteiger partial charge in [-0.15, -0.1) is 0 Å². The van der Waals surface area contributed by atoms with Crippen LogP contribution < -0.4 is 21.2 Å². The predicted octanol–water partition coefficient (Wildman–Crippen LogP) is 1.33. The highest BCUT2D eigenvalue weighted by Gasteiger charge is 2.34. The van der Waals surface area contributed by atoms with Gasteiger partial charge in [0.25, 0.3) is 0 Å². The van der Waals surface area contributed by atoms with Crippen LogP contribution in [0.2, 0.25) is 0 Å². The molecule has 2 aliphatic heterocycles. The molecule has 1 unspecified atom stereocenters. The summed E-state index contributed by atoms with van der Waals surface area (Å²) in [6.45, 7) is 1.41. The first-order valence-corrected chi connectivity index (χ1v) is 11.9. The number of imide groups is 1. The summed E-state index contributed by atoms with van der Waals surface area (Å²) in [7, 11) is 3.53. The number of nitrogens with zero attached hydrogens (tertiary/aromatic N) is 4. The Bertz CT molecular complexity index is 1330. The molecule has 2 saturated heterocycles. The third-order valence-electron chi connectivity index (χ3n) is 7.26. The molecule has 2 amide bonds. The number of piperidine rings is 2. The van der Waals surface area contributed by atoms with Crippen LogP contribution in [0.15, 0.2) is 41.3 Å². The quantitative estimate of drug-likeness (QED) is 0.473. The van der Waals surface area contributed by atoms with Gasteiger partial charge < -0.3 is 15.3 Å². The molecule has 2 aliphatic rings. The number of pyridine rings is 1. The van der Waals surface area contributed by atoms with E-state index in [2.05, 4.69) is 20.5 Å². The van der Waals surface area contributed by atoms with Crippen LogP contribution in [-0.4, -0.2) is 56.8 Å². The number of rotatable bonds is 5. The molecule has 1 atom stereocenters. The molecule has 5 rings (SSSR count). The summed E-state index contributed by atoms with van der Waals surface area (Å²) >= 11 is 0. The van der Waals surface area contributed by atoms with Crippen molar-refractivity contribution >= 4 is 34.4 Å². The van der Waals surface area contributed by atoms with Crippen molar-refractivity contribution in [3.05, 3.63) is 52.6 Å². The average molecular weight is 479 g/mol. The van der Waals surface area contributed by atoms with Gasteiger partial charge >= 0.3 is 5.69 Å². The highest BCUT2D eigenvalue weighted by molar-refractivity contribution is 6.00. The Morgan fingerprint density at radius 1 is 1.14 bits per heavy atom. The van der Waals surface area contributed by atoms with Crippen LogP contribution in [0, 0.1) is 0 Å². The van der Waals surface area contributed by atoms with Gasteiger partial charge in [0.1, 0.15) is 11.9 Å². The molecule has 0 saturated carbocycles. The zero-order valence-corrected chi connectivity index (χ0v) is 20.0. The van der Waals surface area contributed by atoms with Crippen molar-refractivity contribution < 1.29 is 14.7 Å². The van der Waals surface area contributed by atoms with Gasteiger partial charge in [-0.1, -0.05) is 6.07 Å². The number of carbonyl (C=O) groups is 2. The first-order valence-electron chi connectivity index (χ1n) is 11.9. The van der Waals surface area contributed by atoms with Crippen LogP contribution in [0.1, 0.15) is 37.3 Å².